The minimum absolute atomic E-state index is 0.245. The Bertz CT molecular complexity index is 1070. The summed E-state index contributed by atoms with van der Waals surface area (Å²) >= 11 is 0. The highest BCUT2D eigenvalue weighted by molar-refractivity contribution is 5.85. The molecule has 33 heavy (non-hydrogen) atoms. The largest absolute Gasteiger partial charge is 0.371 e. The van der Waals surface area contributed by atoms with Crippen LogP contribution in [0, 0.1) is 5.41 Å². The highest BCUT2D eigenvalue weighted by Gasteiger charge is 2.38. The summed E-state index contributed by atoms with van der Waals surface area (Å²) in [5, 5.41) is 4.63. The van der Waals surface area contributed by atoms with E-state index < -0.39 is 0 Å². The number of hydrogen-bond donors (Lipinski definition) is 1. The van der Waals surface area contributed by atoms with Gasteiger partial charge in [0.05, 0.1) is 5.52 Å². The van der Waals surface area contributed by atoms with E-state index in [4.69, 9.17) is 0 Å². The number of carbonyl (C=O) groups excluding carboxylic acids is 1. The van der Waals surface area contributed by atoms with Gasteiger partial charge in [0.2, 0.25) is 5.91 Å². The summed E-state index contributed by atoms with van der Waals surface area (Å²) in [5.74, 6) is 0.245. The predicted octanol–water partition coefficient (Wildman–Crippen LogP) is 4.06. The average Bonchev–Trinajstić information content (AvgIpc) is 3.27. The lowest BCUT2D eigenvalue weighted by molar-refractivity contribution is -0.134. The van der Waals surface area contributed by atoms with Gasteiger partial charge in [-0.1, -0.05) is 25.1 Å². The third-order valence-corrected chi connectivity index (χ3v) is 7.77. The molecule has 0 aliphatic carbocycles. The number of nitrogens with one attached hydrogen (secondary N) is 1. The maximum atomic E-state index is 13.2. The summed E-state index contributed by atoms with van der Waals surface area (Å²) in [4.78, 5) is 21.9. The molecule has 6 nitrogen and oxygen atoms in total. The Morgan fingerprint density at radius 3 is 2.45 bits per heavy atom. The number of aromatic nitrogens is 2. The van der Waals surface area contributed by atoms with E-state index in [1.165, 1.54) is 35.0 Å². The van der Waals surface area contributed by atoms with E-state index in [0.29, 0.717) is 12.0 Å². The fourth-order valence-corrected chi connectivity index (χ4v) is 5.65. The number of para-hydroxylation sites is 1. The van der Waals surface area contributed by atoms with E-state index >= 15 is 0 Å². The van der Waals surface area contributed by atoms with Crippen LogP contribution in [0.2, 0.25) is 0 Å². The Morgan fingerprint density at radius 1 is 1.00 bits per heavy atom. The lowest BCUT2D eigenvalue weighted by Crippen LogP contribution is -2.48. The normalized spacial score (nSPS) is 18.2. The van der Waals surface area contributed by atoms with Crippen molar-refractivity contribution in [2.45, 2.75) is 45.7 Å². The minimum Gasteiger partial charge on any atom is -0.371 e. The molecule has 1 N–H and O–H groups in total. The van der Waals surface area contributed by atoms with Gasteiger partial charge >= 0.3 is 0 Å². The van der Waals surface area contributed by atoms with Crippen LogP contribution >= 0.6 is 0 Å². The molecule has 4 heterocycles. The van der Waals surface area contributed by atoms with Crippen LogP contribution in [-0.4, -0.2) is 53.1 Å². The Morgan fingerprint density at radius 2 is 1.73 bits per heavy atom. The monoisotopic (exact) mass is 445 g/mol. The number of fused-ring (bicyclic) bond motifs is 1. The van der Waals surface area contributed by atoms with E-state index in [9.17, 15) is 4.79 Å². The van der Waals surface area contributed by atoms with Gasteiger partial charge in [0.25, 0.3) is 0 Å². The third-order valence-electron chi connectivity index (χ3n) is 7.77. The summed E-state index contributed by atoms with van der Waals surface area (Å²) < 4.78 is 2.14. The molecule has 6 heteroatoms. The zero-order valence-corrected chi connectivity index (χ0v) is 19.7. The number of piperidine rings is 2. The number of amides is 1. The zero-order chi connectivity index (χ0) is 22.7. The number of anilines is 1. The Hall–Kier alpha value is -2.86. The number of nitrogens with zero attached hydrogens (tertiary/aromatic N) is 4. The van der Waals surface area contributed by atoms with Crippen LogP contribution in [0.5, 0.6) is 0 Å². The van der Waals surface area contributed by atoms with Crippen molar-refractivity contribution < 1.29 is 4.79 Å². The first-order valence-corrected chi connectivity index (χ1v) is 12.4. The molecule has 5 rings (SSSR count). The highest BCUT2D eigenvalue weighted by Crippen LogP contribution is 2.42. The minimum atomic E-state index is 0.245. The molecule has 1 amide bonds. The lowest BCUT2D eigenvalue weighted by Gasteiger charge is -2.47. The summed E-state index contributed by atoms with van der Waals surface area (Å²) in [5.41, 5.74) is 4.12. The standard InChI is InChI=1S/C27H35N5O/c1-2-28-20-23-5-3-4-22-8-15-32(26(22)23)21-25(33)31-18-11-27(12-19-31)9-16-30(17-10-27)24-6-13-29-14-7-24/h3-8,13-15,28H,2,9-12,16-21H2,1H3. The maximum Gasteiger partial charge on any atom is 0.242 e. The van der Waals surface area contributed by atoms with Crippen molar-refractivity contribution in [3.63, 3.8) is 0 Å². The summed E-state index contributed by atoms with van der Waals surface area (Å²) in [6, 6.07) is 12.7. The van der Waals surface area contributed by atoms with E-state index in [-0.39, 0.29) is 5.91 Å². The maximum absolute atomic E-state index is 13.2. The van der Waals surface area contributed by atoms with E-state index in [1.807, 2.05) is 12.4 Å². The van der Waals surface area contributed by atoms with Crippen LogP contribution in [0.1, 0.15) is 38.2 Å². The fourth-order valence-electron chi connectivity index (χ4n) is 5.65. The number of pyridine rings is 1. The highest BCUT2D eigenvalue weighted by atomic mass is 16.2. The number of carbonyl (C=O) groups is 1. The quantitative estimate of drug-likeness (QED) is 0.622. The van der Waals surface area contributed by atoms with E-state index in [0.717, 1.165) is 52.1 Å². The van der Waals surface area contributed by atoms with Crippen LogP contribution in [0.4, 0.5) is 5.69 Å². The fraction of sp³-hybridized carbons (Fsp3) is 0.481. The molecule has 174 valence electrons. The first-order valence-electron chi connectivity index (χ1n) is 12.4. The smallest absolute Gasteiger partial charge is 0.242 e. The van der Waals surface area contributed by atoms with Crippen molar-refractivity contribution in [3.8, 4) is 0 Å². The Kier molecular flexibility index (Phi) is 6.36. The van der Waals surface area contributed by atoms with Crippen LogP contribution in [0.15, 0.2) is 55.0 Å². The number of likely N-dealkylation sites (tertiary alicyclic amines) is 1. The predicted molar refractivity (Wildman–Crippen MR) is 133 cm³/mol. The first kappa shape index (κ1) is 22.0. The van der Waals surface area contributed by atoms with Crippen molar-refractivity contribution in [2.75, 3.05) is 37.6 Å². The van der Waals surface area contributed by atoms with Gasteiger partial charge in [-0.25, -0.2) is 0 Å². The summed E-state index contributed by atoms with van der Waals surface area (Å²) in [6.07, 6.45) is 10.5. The molecule has 2 aromatic heterocycles. The molecule has 0 bridgehead atoms. The molecular formula is C27H35N5O. The Balaban J connectivity index is 1.19. The number of hydrogen-bond acceptors (Lipinski definition) is 4. The summed E-state index contributed by atoms with van der Waals surface area (Å²) in [7, 11) is 0. The van der Waals surface area contributed by atoms with E-state index in [1.54, 1.807) is 0 Å². The average molecular weight is 446 g/mol. The van der Waals surface area contributed by atoms with Crippen molar-refractivity contribution in [2.24, 2.45) is 5.41 Å². The van der Waals surface area contributed by atoms with Gasteiger partial charge in [-0.2, -0.15) is 0 Å². The zero-order valence-electron chi connectivity index (χ0n) is 19.7. The molecule has 1 spiro atoms. The van der Waals surface area contributed by atoms with Crippen molar-refractivity contribution in [3.05, 3.63) is 60.6 Å². The summed E-state index contributed by atoms with van der Waals surface area (Å²) in [6.45, 7) is 8.28. The van der Waals surface area contributed by atoms with Gasteiger partial charge in [0.1, 0.15) is 6.54 Å². The first-order chi connectivity index (χ1) is 16.2. The third kappa shape index (κ3) is 4.62. The molecule has 2 aliphatic rings. The van der Waals surface area contributed by atoms with Gasteiger partial charge in [0, 0.05) is 57.0 Å². The number of rotatable bonds is 6. The van der Waals surface area contributed by atoms with Crippen LogP contribution in [0.25, 0.3) is 10.9 Å². The van der Waals surface area contributed by atoms with Gasteiger partial charge in [-0.3, -0.25) is 9.78 Å². The second kappa shape index (κ2) is 9.56. The molecule has 0 atom stereocenters. The van der Waals surface area contributed by atoms with Crippen molar-refractivity contribution >= 4 is 22.5 Å². The second-order valence-corrected chi connectivity index (χ2v) is 9.65. The Labute approximate surface area is 196 Å². The van der Waals surface area contributed by atoms with Crippen LogP contribution in [0.3, 0.4) is 0 Å². The van der Waals surface area contributed by atoms with E-state index in [2.05, 4.69) is 74.2 Å². The molecule has 2 aliphatic heterocycles. The number of benzene rings is 1. The lowest BCUT2D eigenvalue weighted by atomic mass is 9.71. The second-order valence-electron chi connectivity index (χ2n) is 9.65. The van der Waals surface area contributed by atoms with Crippen molar-refractivity contribution in [1.82, 2.24) is 19.8 Å². The van der Waals surface area contributed by atoms with Crippen LogP contribution in [-0.2, 0) is 17.9 Å². The molecule has 0 unspecified atom stereocenters. The van der Waals surface area contributed by atoms with Gasteiger partial charge in [-0.15, -0.1) is 0 Å². The molecule has 0 radical (unpaired) electrons. The molecule has 2 fully saturated rings. The SMILES string of the molecule is CCNCc1cccc2ccn(CC(=O)N3CCC4(CC3)CCN(c3ccncc3)CC4)c12. The van der Waals surface area contributed by atoms with Gasteiger partial charge < -0.3 is 19.7 Å². The molecular weight excluding hydrogens is 410 g/mol. The van der Waals surface area contributed by atoms with Gasteiger partial charge in [-0.05, 0) is 66.8 Å². The molecule has 3 aromatic rings. The topological polar surface area (TPSA) is 53.4 Å². The molecule has 0 saturated carbocycles. The van der Waals surface area contributed by atoms with Crippen LogP contribution < -0.4 is 10.2 Å². The van der Waals surface area contributed by atoms with Gasteiger partial charge in [0.15, 0.2) is 0 Å². The molecule has 2 saturated heterocycles. The van der Waals surface area contributed by atoms with Crippen molar-refractivity contribution in [1.29, 1.82) is 0 Å². The molecule has 1 aromatic carbocycles.